The normalized spacial score (nSPS) is 14.9. The van der Waals surface area contributed by atoms with Crippen molar-refractivity contribution in [2.24, 2.45) is 4.99 Å². The lowest BCUT2D eigenvalue weighted by atomic mass is 10.3. The predicted molar refractivity (Wildman–Crippen MR) is 60.0 cm³/mol. The fourth-order valence-electron chi connectivity index (χ4n) is 1.44. The third-order valence-electron chi connectivity index (χ3n) is 2.19. The molecule has 0 spiro atoms. The van der Waals surface area contributed by atoms with Crippen LogP contribution in [0.1, 0.15) is 6.42 Å². The van der Waals surface area contributed by atoms with Gasteiger partial charge in [-0.1, -0.05) is 6.07 Å². The molecule has 0 atom stereocenters. The summed E-state index contributed by atoms with van der Waals surface area (Å²) in [5.74, 6) is -0.392. The van der Waals surface area contributed by atoms with Crippen molar-refractivity contribution in [1.82, 2.24) is 5.32 Å². The average molecular weight is 221 g/mol. The minimum Gasteiger partial charge on any atom is -0.366 e. The van der Waals surface area contributed by atoms with Gasteiger partial charge in [-0.15, -0.1) is 0 Å². The van der Waals surface area contributed by atoms with Crippen molar-refractivity contribution < 1.29 is 9.18 Å². The van der Waals surface area contributed by atoms with E-state index in [9.17, 15) is 9.18 Å². The third-order valence-corrected chi connectivity index (χ3v) is 2.19. The van der Waals surface area contributed by atoms with Crippen LogP contribution in [-0.4, -0.2) is 24.8 Å². The van der Waals surface area contributed by atoms with Gasteiger partial charge in [0.05, 0.1) is 0 Å². The summed E-state index contributed by atoms with van der Waals surface area (Å²) in [4.78, 5) is 15.7. The number of halogens is 1. The number of nitrogens with one attached hydrogen (secondary N) is 2. The molecule has 4 nitrogen and oxygen atoms in total. The molecule has 0 radical (unpaired) electrons. The zero-order valence-electron chi connectivity index (χ0n) is 8.66. The second kappa shape index (κ2) is 4.74. The quantitative estimate of drug-likeness (QED) is 0.787. The third kappa shape index (κ3) is 2.56. The Balaban J connectivity index is 2.04. The Labute approximate surface area is 92.6 Å². The molecular formula is C11H12FN3O. The van der Waals surface area contributed by atoms with Gasteiger partial charge in [-0.3, -0.25) is 9.79 Å². The molecule has 2 N–H and O–H groups in total. The van der Waals surface area contributed by atoms with Crippen LogP contribution in [0.4, 0.5) is 10.1 Å². The molecule has 1 heterocycles. The Morgan fingerprint density at radius 1 is 1.50 bits per heavy atom. The molecule has 1 aliphatic rings. The van der Waals surface area contributed by atoms with Crippen molar-refractivity contribution in [3.63, 3.8) is 0 Å². The number of hydrogen-bond donors (Lipinski definition) is 2. The first-order valence-electron chi connectivity index (χ1n) is 5.11. The van der Waals surface area contributed by atoms with E-state index in [0.717, 1.165) is 13.0 Å². The summed E-state index contributed by atoms with van der Waals surface area (Å²) >= 11 is 0. The van der Waals surface area contributed by atoms with Gasteiger partial charge in [0.25, 0.3) is 5.91 Å². The summed E-state index contributed by atoms with van der Waals surface area (Å²) in [6.07, 6.45) is 0.927. The summed E-state index contributed by atoms with van der Waals surface area (Å²) in [7, 11) is 0. The lowest BCUT2D eigenvalue weighted by Gasteiger charge is -2.13. The van der Waals surface area contributed by atoms with E-state index < -0.39 is 0 Å². The van der Waals surface area contributed by atoms with Crippen molar-refractivity contribution in [2.45, 2.75) is 6.42 Å². The summed E-state index contributed by atoms with van der Waals surface area (Å²) < 4.78 is 12.9. The lowest BCUT2D eigenvalue weighted by Crippen LogP contribution is -2.39. The van der Waals surface area contributed by atoms with Crippen LogP contribution in [-0.2, 0) is 4.79 Å². The summed E-state index contributed by atoms with van der Waals surface area (Å²) in [5.41, 5.74) is 0.431. The fraction of sp³-hybridized carbons (Fsp3) is 0.273. The molecule has 1 aromatic rings. The van der Waals surface area contributed by atoms with E-state index in [4.69, 9.17) is 0 Å². The molecule has 0 fully saturated rings. The number of anilines is 1. The van der Waals surface area contributed by atoms with Gasteiger partial charge < -0.3 is 10.6 Å². The van der Waals surface area contributed by atoms with Crippen LogP contribution in [0.2, 0.25) is 0 Å². The first-order chi connectivity index (χ1) is 7.75. The minimum absolute atomic E-state index is 0.315. The number of amides is 1. The van der Waals surface area contributed by atoms with Crippen LogP contribution in [0.5, 0.6) is 0 Å². The lowest BCUT2D eigenvalue weighted by molar-refractivity contribution is -0.110. The number of hydrogen-bond acceptors (Lipinski definition) is 3. The smallest absolute Gasteiger partial charge is 0.290 e. The van der Waals surface area contributed by atoms with Gasteiger partial charge in [0, 0.05) is 18.8 Å². The largest absolute Gasteiger partial charge is 0.366 e. The number of nitrogens with zero attached hydrogens (tertiary/aromatic N) is 1. The number of carbonyl (C=O) groups excluding carboxylic acids is 1. The first-order valence-corrected chi connectivity index (χ1v) is 5.11. The van der Waals surface area contributed by atoms with Gasteiger partial charge in [-0.05, 0) is 24.6 Å². The molecule has 16 heavy (non-hydrogen) atoms. The van der Waals surface area contributed by atoms with E-state index in [1.165, 1.54) is 12.1 Å². The highest BCUT2D eigenvalue weighted by atomic mass is 19.1. The Morgan fingerprint density at radius 3 is 3.06 bits per heavy atom. The molecule has 0 aliphatic carbocycles. The molecule has 0 saturated heterocycles. The predicted octanol–water partition coefficient (Wildman–Crippen LogP) is 1.16. The molecule has 1 amide bonds. The maximum atomic E-state index is 12.9. The van der Waals surface area contributed by atoms with Gasteiger partial charge in [0.15, 0.2) is 5.84 Å². The Morgan fingerprint density at radius 2 is 2.38 bits per heavy atom. The van der Waals surface area contributed by atoms with Gasteiger partial charge in [-0.25, -0.2) is 4.39 Å². The molecule has 84 valence electrons. The van der Waals surface area contributed by atoms with Crippen molar-refractivity contribution >= 4 is 17.4 Å². The molecule has 0 aromatic heterocycles. The van der Waals surface area contributed by atoms with Crippen molar-refractivity contribution in [3.8, 4) is 0 Å². The van der Waals surface area contributed by atoms with Gasteiger partial charge in [0.1, 0.15) is 5.82 Å². The maximum absolute atomic E-state index is 12.9. The molecule has 0 saturated carbocycles. The van der Waals surface area contributed by atoms with E-state index in [2.05, 4.69) is 15.6 Å². The van der Waals surface area contributed by atoms with Gasteiger partial charge in [-0.2, -0.15) is 0 Å². The minimum atomic E-state index is -0.378. The highest BCUT2D eigenvalue weighted by Crippen LogP contribution is 2.09. The second-order valence-corrected chi connectivity index (χ2v) is 3.48. The molecule has 1 aromatic carbocycles. The molecule has 0 bridgehead atoms. The zero-order chi connectivity index (χ0) is 11.4. The fourth-order valence-corrected chi connectivity index (χ4v) is 1.44. The molecule has 1 aliphatic heterocycles. The van der Waals surface area contributed by atoms with Gasteiger partial charge in [0.2, 0.25) is 0 Å². The number of rotatable bonds is 2. The highest BCUT2D eigenvalue weighted by Gasteiger charge is 2.13. The number of aliphatic imine (C=N–C) groups is 1. The summed E-state index contributed by atoms with van der Waals surface area (Å²) in [6.45, 7) is 1.40. The highest BCUT2D eigenvalue weighted by molar-refractivity contribution is 6.42. The molecular weight excluding hydrogens is 209 g/mol. The van der Waals surface area contributed by atoms with E-state index >= 15 is 0 Å². The Hall–Kier alpha value is -1.91. The number of amidine groups is 1. The van der Waals surface area contributed by atoms with Crippen molar-refractivity contribution in [2.75, 3.05) is 18.4 Å². The van der Waals surface area contributed by atoms with Crippen LogP contribution in [0.15, 0.2) is 29.3 Å². The van der Waals surface area contributed by atoms with E-state index in [0.29, 0.717) is 18.1 Å². The van der Waals surface area contributed by atoms with Crippen LogP contribution in [0, 0.1) is 5.82 Å². The van der Waals surface area contributed by atoms with Crippen LogP contribution >= 0.6 is 0 Å². The van der Waals surface area contributed by atoms with E-state index in [1.54, 1.807) is 12.1 Å². The second-order valence-electron chi connectivity index (χ2n) is 3.48. The zero-order valence-corrected chi connectivity index (χ0v) is 8.66. The topological polar surface area (TPSA) is 53.5 Å². The first kappa shape index (κ1) is 10.6. The Bertz CT molecular complexity index is 431. The monoisotopic (exact) mass is 221 g/mol. The number of benzene rings is 1. The molecule has 0 unspecified atom stereocenters. The van der Waals surface area contributed by atoms with Crippen LogP contribution < -0.4 is 10.6 Å². The van der Waals surface area contributed by atoms with Crippen LogP contribution in [0.25, 0.3) is 0 Å². The van der Waals surface area contributed by atoms with Crippen molar-refractivity contribution in [1.29, 1.82) is 0 Å². The maximum Gasteiger partial charge on any atom is 0.290 e. The molecule has 5 heteroatoms. The van der Waals surface area contributed by atoms with Gasteiger partial charge >= 0.3 is 0 Å². The molecule has 2 rings (SSSR count). The Kier molecular flexibility index (Phi) is 3.14. The summed E-state index contributed by atoms with van der Waals surface area (Å²) in [5, 5.41) is 5.48. The van der Waals surface area contributed by atoms with Crippen LogP contribution in [0.3, 0.4) is 0 Å². The standard InChI is InChI=1S/C11H12FN3O/c12-8-3-1-4-9(7-8)15-11(16)10-13-5-2-6-14-10/h1,3-4,7H,2,5-6H2,(H,13,14)(H,15,16). The number of carbonyl (C=O) groups is 1. The SMILES string of the molecule is O=C(Nc1cccc(F)c1)C1=NCCCN1. The van der Waals surface area contributed by atoms with E-state index in [-0.39, 0.29) is 11.7 Å². The van der Waals surface area contributed by atoms with E-state index in [1.807, 2.05) is 0 Å². The summed E-state index contributed by atoms with van der Waals surface area (Å²) in [6, 6.07) is 5.76. The average Bonchev–Trinajstić information content (AvgIpc) is 2.30. The van der Waals surface area contributed by atoms with Crippen molar-refractivity contribution in [3.05, 3.63) is 30.1 Å².